The predicted octanol–water partition coefficient (Wildman–Crippen LogP) is 1.59. The molecule has 0 aromatic heterocycles. The van der Waals surface area contributed by atoms with Crippen LogP contribution in [0.2, 0.25) is 0 Å². The molecule has 2 rings (SSSR count). The molecule has 1 atom stereocenters. The molecule has 6 nitrogen and oxygen atoms in total. The minimum Gasteiger partial charge on any atom is -0.445 e. The van der Waals surface area contributed by atoms with Crippen LogP contribution in [0.3, 0.4) is 0 Å². The van der Waals surface area contributed by atoms with Crippen LogP contribution in [0.5, 0.6) is 0 Å². The average Bonchev–Trinajstić information content (AvgIpc) is 3.02. The Morgan fingerprint density at radius 2 is 2.04 bits per heavy atom. The summed E-state index contributed by atoms with van der Waals surface area (Å²) in [6.07, 6.45) is 0.417. The van der Waals surface area contributed by atoms with Crippen molar-refractivity contribution in [2.45, 2.75) is 39.0 Å². The monoisotopic (exact) mass is 319 g/mol. The van der Waals surface area contributed by atoms with E-state index in [0.717, 1.165) is 12.0 Å². The molecule has 1 saturated heterocycles. The lowest BCUT2D eigenvalue weighted by molar-refractivity contribution is -0.128. The Balaban J connectivity index is 1.95. The predicted molar refractivity (Wildman–Crippen MR) is 87.6 cm³/mol. The van der Waals surface area contributed by atoms with Crippen LogP contribution in [0, 0.1) is 0 Å². The summed E-state index contributed by atoms with van der Waals surface area (Å²) in [6.45, 7) is 5.33. The van der Waals surface area contributed by atoms with Crippen molar-refractivity contribution in [2.24, 2.45) is 5.73 Å². The molecule has 0 spiro atoms. The Labute approximate surface area is 137 Å². The highest BCUT2D eigenvalue weighted by atomic mass is 16.6. The summed E-state index contributed by atoms with van der Waals surface area (Å²) in [7, 11) is 0. The van der Waals surface area contributed by atoms with Crippen LogP contribution < -0.4 is 5.73 Å². The normalized spacial score (nSPS) is 17.4. The van der Waals surface area contributed by atoms with Gasteiger partial charge in [-0.1, -0.05) is 30.3 Å². The zero-order chi connectivity index (χ0) is 16.8. The number of benzene rings is 1. The number of nitrogens with two attached hydrogens (primary N) is 1. The van der Waals surface area contributed by atoms with E-state index in [1.807, 2.05) is 44.2 Å². The quantitative estimate of drug-likeness (QED) is 0.894. The standard InChI is InChI=1S/C17H25N3O3/c1-13(2)20(15-8-9-19(11-15)16(21)10-18)17(22)23-12-14-6-4-3-5-7-14/h3-7,13,15H,8-12,18H2,1-2H3/t15-/m0/s1. The van der Waals surface area contributed by atoms with Crippen molar-refractivity contribution in [3.05, 3.63) is 35.9 Å². The summed E-state index contributed by atoms with van der Waals surface area (Å²) in [5.74, 6) is -0.0751. The highest BCUT2D eigenvalue weighted by Gasteiger charge is 2.34. The van der Waals surface area contributed by atoms with Gasteiger partial charge in [0.15, 0.2) is 0 Å². The van der Waals surface area contributed by atoms with Crippen molar-refractivity contribution in [1.29, 1.82) is 0 Å². The summed E-state index contributed by atoms with van der Waals surface area (Å²) in [4.78, 5) is 27.6. The van der Waals surface area contributed by atoms with Crippen molar-refractivity contribution < 1.29 is 14.3 Å². The van der Waals surface area contributed by atoms with Gasteiger partial charge in [-0.2, -0.15) is 0 Å². The van der Waals surface area contributed by atoms with Gasteiger partial charge in [-0.3, -0.25) is 4.79 Å². The van der Waals surface area contributed by atoms with Crippen molar-refractivity contribution in [3.8, 4) is 0 Å². The number of carbonyl (C=O) groups excluding carboxylic acids is 2. The van der Waals surface area contributed by atoms with Crippen LogP contribution >= 0.6 is 0 Å². The summed E-state index contributed by atoms with van der Waals surface area (Å²) >= 11 is 0. The molecular formula is C17H25N3O3. The molecule has 1 aromatic carbocycles. The molecule has 0 aliphatic carbocycles. The first kappa shape index (κ1) is 17.3. The van der Waals surface area contributed by atoms with Gasteiger partial charge in [0.25, 0.3) is 0 Å². The number of hydrogen-bond donors (Lipinski definition) is 1. The summed E-state index contributed by atoms with van der Waals surface area (Å²) < 4.78 is 5.44. The second-order valence-corrected chi connectivity index (χ2v) is 6.03. The van der Waals surface area contributed by atoms with E-state index in [2.05, 4.69) is 0 Å². The highest BCUT2D eigenvalue weighted by Crippen LogP contribution is 2.19. The molecule has 0 radical (unpaired) electrons. The van der Waals surface area contributed by atoms with Gasteiger partial charge in [-0.25, -0.2) is 4.79 Å². The minimum atomic E-state index is -0.337. The van der Waals surface area contributed by atoms with Gasteiger partial charge in [0.2, 0.25) is 5.91 Å². The van der Waals surface area contributed by atoms with Crippen LogP contribution in [0.4, 0.5) is 4.79 Å². The van der Waals surface area contributed by atoms with Crippen LogP contribution in [0.15, 0.2) is 30.3 Å². The third-order valence-corrected chi connectivity index (χ3v) is 4.06. The third-order valence-electron chi connectivity index (χ3n) is 4.06. The van der Waals surface area contributed by atoms with Crippen LogP contribution in [0.1, 0.15) is 25.8 Å². The maximum absolute atomic E-state index is 12.5. The zero-order valence-electron chi connectivity index (χ0n) is 13.8. The molecule has 23 heavy (non-hydrogen) atoms. The smallest absolute Gasteiger partial charge is 0.410 e. The fraction of sp³-hybridized carbons (Fsp3) is 0.529. The summed E-state index contributed by atoms with van der Waals surface area (Å²) in [5, 5.41) is 0. The Morgan fingerprint density at radius 3 is 2.65 bits per heavy atom. The van der Waals surface area contributed by atoms with E-state index in [1.165, 1.54) is 0 Å². The first-order chi connectivity index (χ1) is 11.0. The molecule has 1 fully saturated rings. The lowest BCUT2D eigenvalue weighted by Gasteiger charge is -2.31. The van der Waals surface area contributed by atoms with E-state index in [-0.39, 0.29) is 37.2 Å². The van der Waals surface area contributed by atoms with Gasteiger partial charge >= 0.3 is 6.09 Å². The SMILES string of the molecule is CC(C)N(C(=O)OCc1ccccc1)[C@H]1CCN(C(=O)CN)C1. The second-order valence-electron chi connectivity index (χ2n) is 6.03. The van der Waals surface area contributed by atoms with E-state index < -0.39 is 0 Å². The Hall–Kier alpha value is -2.08. The van der Waals surface area contributed by atoms with Crippen molar-refractivity contribution >= 4 is 12.0 Å². The van der Waals surface area contributed by atoms with E-state index in [4.69, 9.17) is 10.5 Å². The number of nitrogens with zero attached hydrogens (tertiary/aromatic N) is 2. The molecule has 1 aliphatic heterocycles. The van der Waals surface area contributed by atoms with Crippen molar-refractivity contribution in [1.82, 2.24) is 9.80 Å². The topological polar surface area (TPSA) is 75.9 Å². The van der Waals surface area contributed by atoms with Gasteiger partial charge in [-0.05, 0) is 25.8 Å². The van der Waals surface area contributed by atoms with Gasteiger partial charge in [-0.15, -0.1) is 0 Å². The lowest BCUT2D eigenvalue weighted by Crippen LogP contribution is -2.47. The first-order valence-corrected chi connectivity index (χ1v) is 7.99. The summed E-state index contributed by atoms with van der Waals surface area (Å²) in [5.41, 5.74) is 6.36. The molecule has 1 aliphatic rings. The van der Waals surface area contributed by atoms with Gasteiger partial charge in [0.1, 0.15) is 6.61 Å². The fourth-order valence-corrected chi connectivity index (χ4v) is 2.90. The number of likely N-dealkylation sites (tertiary alicyclic amines) is 1. The fourth-order valence-electron chi connectivity index (χ4n) is 2.90. The maximum atomic E-state index is 12.5. The number of rotatable bonds is 5. The Morgan fingerprint density at radius 1 is 1.35 bits per heavy atom. The van der Waals surface area contributed by atoms with Crippen LogP contribution in [-0.2, 0) is 16.1 Å². The Bertz CT molecular complexity index is 533. The second kappa shape index (κ2) is 7.97. The number of hydrogen-bond acceptors (Lipinski definition) is 4. The number of carbonyl (C=O) groups is 2. The minimum absolute atomic E-state index is 0.00680. The maximum Gasteiger partial charge on any atom is 0.410 e. The molecule has 126 valence electrons. The molecule has 0 unspecified atom stereocenters. The van der Waals surface area contributed by atoms with Gasteiger partial charge in [0.05, 0.1) is 12.6 Å². The number of amides is 2. The molecule has 2 N–H and O–H groups in total. The van der Waals surface area contributed by atoms with Gasteiger partial charge < -0.3 is 20.3 Å². The summed E-state index contributed by atoms with van der Waals surface area (Å²) in [6, 6.07) is 9.58. The first-order valence-electron chi connectivity index (χ1n) is 7.99. The lowest BCUT2D eigenvalue weighted by atomic mass is 10.2. The molecular weight excluding hydrogens is 294 g/mol. The molecule has 1 aromatic rings. The van der Waals surface area contributed by atoms with Gasteiger partial charge in [0, 0.05) is 19.1 Å². The largest absolute Gasteiger partial charge is 0.445 e. The Kier molecular flexibility index (Phi) is 5.98. The van der Waals surface area contributed by atoms with Crippen LogP contribution in [0.25, 0.3) is 0 Å². The van der Waals surface area contributed by atoms with Crippen molar-refractivity contribution in [3.63, 3.8) is 0 Å². The van der Waals surface area contributed by atoms with E-state index in [9.17, 15) is 9.59 Å². The molecule has 0 saturated carbocycles. The average molecular weight is 319 g/mol. The highest BCUT2D eigenvalue weighted by molar-refractivity contribution is 5.78. The van der Waals surface area contributed by atoms with Crippen molar-refractivity contribution in [2.75, 3.05) is 19.6 Å². The van der Waals surface area contributed by atoms with Crippen LogP contribution in [-0.4, -0.2) is 53.5 Å². The molecule has 1 heterocycles. The molecule has 0 bridgehead atoms. The molecule has 6 heteroatoms. The van der Waals surface area contributed by atoms with E-state index in [1.54, 1.807) is 9.80 Å². The molecule has 2 amide bonds. The third kappa shape index (κ3) is 4.45. The number of ether oxygens (including phenoxy) is 1. The van der Waals surface area contributed by atoms with E-state index >= 15 is 0 Å². The van der Waals surface area contributed by atoms with E-state index in [0.29, 0.717) is 13.1 Å². The zero-order valence-corrected chi connectivity index (χ0v) is 13.8.